The van der Waals surface area contributed by atoms with Crippen molar-refractivity contribution in [2.45, 2.75) is 13.0 Å². The van der Waals surface area contributed by atoms with Gasteiger partial charge in [0.15, 0.2) is 0 Å². The van der Waals surface area contributed by atoms with Gasteiger partial charge in [-0.3, -0.25) is 9.59 Å². The number of carbonyl (C=O) groups is 2. The molecule has 1 heterocycles. The average molecular weight is 398 g/mol. The Morgan fingerprint density at radius 3 is 2.24 bits per heavy atom. The SMILES string of the molecule is CNC(=O)c1ccc(CNCCC(=O)N2CCN(c3ccc(F)cc3)CC2)cc1. The number of carbonyl (C=O) groups excluding carboxylic acids is 2. The molecule has 3 rings (SSSR count). The predicted molar refractivity (Wildman–Crippen MR) is 111 cm³/mol. The van der Waals surface area contributed by atoms with E-state index in [4.69, 9.17) is 0 Å². The minimum atomic E-state index is -0.238. The smallest absolute Gasteiger partial charge is 0.251 e. The molecule has 2 aromatic rings. The van der Waals surface area contributed by atoms with Gasteiger partial charge in [-0.15, -0.1) is 0 Å². The first-order valence-electron chi connectivity index (χ1n) is 9.87. The number of nitrogens with one attached hydrogen (secondary N) is 2. The summed E-state index contributed by atoms with van der Waals surface area (Å²) in [5.74, 6) is -0.196. The molecule has 0 bridgehead atoms. The standard InChI is InChI=1S/C22H27FN4O2/c1-24-22(29)18-4-2-17(3-5-18)16-25-11-10-21(28)27-14-12-26(13-15-27)20-8-6-19(23)7-9-20/h2-9,25H,10-16H2,1H3,(H,24,29). The lowest BCUT2D eigenvalue weighted by molar-refractivity contribution is -0.131. The van der Waals surface area contributed by atoms with E-state index in [0.29, 0.717) is 38.2 Å². The van der Waals surface area contributed by atoms with Crippen LogP contribution in [0.4, 0.5) is 10.1 Å². The maximum Gasteiger partial charge on any atom is 0.251 e. The lowest BCUT2D eigenvalue weighted by Crippen LogP contribution is -2.49. The van der Waals surface area contributed by atoms with Crippen LogP contribution in [0, 0.1) is 5.82 Å². The number of rotatable bonds is 7. The van der Waals surface area contributed by atoms with Gasteiger partial charge in [0.2, 0.25) is 5.91 Å². The fourth-order valence-electron chi connectivity index (χ4n) is 3.37. The monoisotopic (exact) mass is 398 g/mol. The summed E-state index contributed by atoms with van der Waals surface area (Å²) in [5, 5.41) is 5.88. The highest BCUT2D eigenvalue weighted by atomic mass is 19.1. The Balaban J connectivity index is 1.36. The molecule has 0 radical (unpaired) electrons. The normalized spacial score (nSPS) is 14.0. The van der Waals surface area contributed by atoms with Crippen molar-refractivity contribution in [2.24, 2.45) is 0 Å². The number of benzene rings is 2. The van der Waals surface area contributed by atoms with Gasteiger partial charge in [0.05, 0.1) is 0 Å². The summed E-state index contributed by atoms with van der Waals surface area (Å²) < 4.78 is 13.0. The summed E-state index contributed by atoms with van der Waals surface area (Å²) in [4.78, 5) is 28.0. The number of piperazine rings is 1. The lowest BCUT2D eigenvalue weighted by atomic mass is 10.1. The zero-order valence-electron chi connectivity index (χ0n) is 16.7. The molecule has 7 heteroatoms. The van der Waals surface area contributed by atoms with Gasteiger partial charge in [0.25, 0.3) is 5.91 Å². The molecule has 154 valence electrons. The van der Waals surface area contributed by atoms with Crippen molar-refractivity contribution in [3.63, 3.8) is 0 Å². The minimum absolute atomic E-state index is 0.102. The largest absolute Gasteiger partial charge is 0.368 e. The molecule has 29 heavy (non-hydrogen) atoms. The Morgan fingerprint density at radius 2 is 1.62 bits per heavy atom. The van der Waals surface area contributed by atoms with E-state index in [0.717, 1.165) is 24.3 Å². The van der Waals surface area contributed by atoms with Crippen LogP contribution in [-0.2, 0) is 11.3 Å². The van der Waals surface area contributed by atoms with E-state index in [2.05, 4.69) is 15.5 Å². The highest BCUT2D eigenvalue weighted by Crippen LogP contribution is 2.17. The molecule has 2 aromatic carbocycles. The van der Waals surface area contributed by atoms with Crippen molar-refractivity contribution in [3.05, 3.63) is 65.5 Å². The van der Waals surface area contributed by atoms with Crippen LogP contribution in [0.2, 0.25) is 0 Å². The van der Waals surface area contributed by atoms with Crippen molar-refractivity contribution in [1.82, 2.24) is 15.5 Å². The molecule has 1 aliphatic heterocycles. The second-order valence-electron chi connectivity index (χ2n) is 7.05. The average Bonchev–Trinajstić information content (AvgIpc) is 2.77. The van der Waals surface area contributed by atoms with Gasteiger partial charge >= 0.3 is 0 Å². The topological polar surface area (TPSA) is 64.7 Å². The van der Waals surface area contributed by atoms with Crippen LogP contribution in [0.5, 0.6) is 0 Å². The van der Waals surface area contributed by atoms with Crippen LogP contribution < -0.4 is 15.5 Å². The number of nitrogens with zero attached hydrogens (tertiary/aromatic N) is 2. The number of amides is 2. The molecule has 1 fully saturated rings. The lowest BCUT2D eigenvalue weighted by Gasteiger charge is -2.36. The Kier molecular flexibility index (Phi) is 7.19. The number of halogens is 1. The maximum absolute atomic E-state index is 13.0. The first-order chi connectivity index (χ1) is 14.1. The van der Waals surface area contributed by atoms with Crippen LogP contribution in [-0.4, -0.2) is 56.5 Å². The Hall–Kier alpha value is -2.93. The third-order valence-electron chi connectivity index (χ3n) is 5.11. The summed E-state index contributed by atoms with van der Waals surface area (Å²) in [6.45, 7) is 4.12. The third kappa shape index (κ3) is 5.77. The predicted octanol–water partition coefficient (Wildman–Crippen LogP) is 2.01. The van der Waals surface area contributed by atoms with Crippen molar-refractivity contribution in [3.8, 4) is 0 Å². The zero-order valence-corrected chi connectivity index (χ0v) is 16.7. The fourth-order valence-corrected chi connectivity index (χ4v) is 3.37. The highest BCUT2D eigenvalue weighted by Gasteiger charge is 2.20. The van der Waals surface area contributed by atoms with Gasteiger partial charge in [0, 0.05) is 64.0 Å². The number of hydrogen-bond acceptors (Lipinski definition) is 4. The van der Waals surface area contributed by atoms with E-state index in [-0.39, 0.29) is 17.6 Å². The van der Waals surface area contributed by atoms with E-state index in [1.54, 1.807) is 31.3 Å². The van der Waals surface area contributed by atoms with Gasteiger partial charge in [-0.05, 0) is 42.0 Å². The molecule has 0 aliphatic carbocycles. The van der Waals surface area contributed by atoms with Crippen molar-refractivity contribution < 1.29 is 14.0 Å². The first-order valence-corrected chi connectivity index (χ1v) is 9.87. The summed E-state index contributed by atoms with van der Waals surface area (Å²) in [5.41, 5.74) is 2.69. The molecule has 0 spiro atoms. The molecule has 1 aliphatic rings. The highest BCUT2D eigenvalue weighted by molar-refractivity contribution is 5.93. The summed E-state index contributed by atoms with van der Waals surface area (Å²) in [7, 11) is 1.61. The van der Waals surface area contributed by atoms with E-state index in [9.17, 15) is 14.0 Å². The van der Waals surface area contributed by atoms with Gasteiger partial charge < -0.3 is 20.4 Å². The molecule has 0 aromatic heterocycles. The van der Waals surface area contributed by atoms with Gasteiger partial charge in [0.1, 0.15) is 5.82 Å². The first kappa shape index (κ1) is 20.8. The maximum atomic E-state index is 13.0. The van der Waals surface area contributed by atoms with E-state index in [1.165, 1.54) is 12.1 Å². The summed E-state index contributed by atoms with van der Waals surface area (Å²) in [6, 6.07) is 13.9. The molecular weight excluding hydrogens is 371 g/mol. The van der Waals surface area contributed by atoms with Crippen LogP contribution >= 0.6 is 0 Å². The number of hydrogen-bond donors (Lipinski definition) is 2. The van der Waals surface area contributed by atoms with Crippen LogP contribution in [0.15, 0.2) is 48.5 Å². The molecule has 2 amide bonds. The minimum Gasteiger partial charge on any atom is -0.368 e. The van der Waals surface area contributed by atoms with Crippen molar-refractivity contribution >= 4 is 17.5 Å². The van der Waals surface area contributed by atoms with Crippen LogP contribution in [0.1, 0.15) is 22.3 Å². The second-order valence-corrected chi connectivity index (χ2v) is 7.05. The Bertz CT molecular complexity index is 816. The third-order valence-corrected chi connectivity index (χ3v) is 5.11. The number of anilines is 1. The summed E-state index contributed by atoms with van der Waals surface area (Å²) >= 11 is 0. The molecule has 0 unspecified atom stereocenters. The molecule has 6 nitrogen and oxygen atoms in total. The Morgan fingerprint density at radius 1 is 0.966 bits per heavy atom. The van der Waals surface area contributed by atoms with Gasteiger partial charge in [-0.25, -0.2) is 4.39 Å². The van der Waals surface area contributed by atoms with E-state index < -0.39 is 0 Å². The van der Waals surface area contributed by atoms with Crippen molar-refractivity contribution in [1.29, 1.82) is 0 Å². The molecular formula is C22H27FN4O2. The van der Waals surface area contributed by atoms with E-state index in [1.807, 2.05) is 17.0 Å². The van der Waals surface area contributed by atoms with Crippen LogP contribution in [0.25, 0.3) is 0 Å². The Labute approximate surface area is 170 Å². The van der Waals surface area contributed by atoms with E-state index >= 15 is 0 Å². The molecule has 2 N–H and O–H groups in total. The molecule has 0 atom stereocenters. The van der Waals surface area contributed by atoms with Gasteiger partial charge in [-0.1, -0.05) is 12.1 Å². The van der Waals surface area contributed by atoms with Crippen molar-refractivity contribution in [2.75, 3.05) is 44.7 Å². The second kappa shape index (κ2) is 10.0. The zero-order chi connectivity index (χ0) is 20.6. The molecule has 1 saturated heterocycles. The quantitative estimate of drug-likeness (QED) is 0.701. The fraction of sp³-hybridized carbons (Fsp3) is 0.364. The van der Waals surface area contributed by atoms with Gasteiger partial charge in [-0.2, -0.15) is 0 Å². The molecule has 0 saturated carbocycles. The summed E-state index contributed by atoms with van der Waals surface area (Å²) in [6.07, 6.45) is 0.451. The van der Waals surface area contributed by atoms with Crippen LogP contribution in [0.3, 0.4) is 0 Å².